The second-order valence-corrected chi connectivity index (χ2v) is 5.41. The quantitative estimate of drug-likeness (QED) is 0.211. The van der Waals surface area contributed by atoms with Crippen molar-refractivity contribution in [2.45, 2.75) is 39.5 Å². The Balaban J connectivity index is 3.45. The summed E-state index contributed by atoms with van der Waals surface area (Å²) in [7, 11) is 0. The van der Waals surface area contributed by atoms with Crippen LogP contribution in [0.15, 0.2) is 0 Å². The van der Waals surface area contributed by atoms with Crippen LogP contribution in [0.1, 0.15) is 39.5 Å². The Kier molecular flexibility index (Phi) is 14.6. The summed E-state index contributed by atoms with van der Waals surface area (Å²) in [5.74, 6) is -0.0346. The molecule has 0 aliphatic rings. The van der Waals surface area contributed by atoms with E-state index in [4.69, 9.17) is 14.2 Å². The molecule has 0 saturated carbocycles. The number of hydrogen-bond donors (Lipinski definition) is 0. The Morgan fingerprint density at radius 3 is 2.26 bits per heavy atom. The predicted molar refractivity (Wildman–Crippen MR) is 84.8 cm³/mol. The highest BCUT2D eigenvalue weighted by atomic mass is 127. The van der Waals surface area contributed by atoms with E-state index in [0.29, 0.717) is 26.4 Å². The summed E-state index contributed by atoms with van der Waals surface area (Å²) in [4.78, 5) is 11.8. The second kappa shape index (κ2) is 14.5. The van der Waals surface area contributed by atoms with Crippen molar-refractivity contribution in [3.05, 3.63) is 0 Å². The first-order chi connectivity index (χ1) is 9.26. The first-order valence-electron chi connectivity index (χ1n) is 7.14. The molecule has 4 nitrogen and oxygen atoms in total. The maximum absolute atomic E-state index is 11.8. The molecule has 19 heavy (non-hydrogen) atoms. The van der Waals surface area contributed by atoms with E-state index in [0.717, 1.165) is 36.7 Å². The smallest absolute Gasteiger partial charge is 0.308 e. The Morgan fingerprint density at radius 2 is 1.68 bits per heavy atom. The van der Waals surface area contributed by atoms with Gasteiger partial charge in [-0.25, -0.2) is 0 Å². The third-order valence-corrected chi connectivity index (χ3v) is 3.24. The maximum Gasteiger partial charge on any atom is 0.308 e. The van der Waals surface area contributed by atoms with Gasteiger partial charge in [-0.15, -0.1) is 0 Å². The molecule has 1 atom stereocenters. The van der Waals surface area contributed by atoms with E-state index in [9.17, 15) is 4.79 Å². The Labute approximate surface area is 130 Å². The zero-order chi connectivity index (χ0) is 14.3. The molecule has 0 aromatic rings. The van der Waals surface area contributed by atoms with Crippen LogP contribution in [-0.2, 0) is 19.0 Å². The lowest BCUT2D eigenvalue weighted by Gasteiger charge is -2.13. The average Bonchev–Trinajstić information content (AvgIpc) is 2.42. The molecule has 0 bridgehead atoms. The van der Waals surface area contributed by atoms with Gasteiger partial charge in [0, 0.05) is 4.43 Å². The highest BCUT2D eigenvalue weighted by Gasteiger charge is 2.16. The minimum absolute atomic E-state index is 0.0481. The summed E-state index contributed by atoms with van der Waals surface area (Å²) in [5.41, 5.74) is 0. The molecule has 0 aliphatic carbocycles. The van der Waals surface area contributed by atoms with Gasteiger partial charge >= 0.3 is 5.97 Å². The molecule has 1 unspecified atom stereocenters. The van der Waals surface area contributed by atoms with Crippen LogP contribution in [0.25, 0.3) is 0 Å². The average molecular weight is 386 g/mol. The molecule has 114 valence electrons. The van der Waals surface area contributed by atoms with Crippen LogP contribution in [0.3, 0.4) is 0 Å². The Bertz CT molecular complexity index is 212. The van der Waals surface area contributed by atoms with Crippen molar-refractivity contribution in [1.29, 1.82) is 0 Å². The number of hydrogen-bond acceptors (Lipinski definition) is 4. The van der Waals surface area contributed by atoms with Crippen molar-refractivity contribution in [2.24, 2.45) is 5.92 Å². The van der Waals surface area contributed by atoms with Gasteiger partial charge in [0.1, 0.15) is 6.61 Å². The highest BCUT2D eigenvalue weighted by Crippen LogP contribution is 2.14. The number of unbranched alkanes of at least 4 members (excludes halogenated alkanes) is 1. The van der Waals surface area contributed by atoms with Crippen molar-refractivity contribution in [3.63, 3.8) is 0 Å². The van der Waals surface area contributed by atoms with E-state index >= 15 is 0 Å². The third-order valence-electron chi connectivity index (χ3n) is 2.80. The number of ether oxygens (including phenoxy) is 3. The summed E-state index contributed by atoms with van der Waals surface area (Å²) in [6.45, 7) is 6.87. The fourth-order valence-electron chi connectivity index (χ4n) is 1.63. The zero-order valence-corrected chi connectivity index (χ0v) is 14.3. The summed E-state index contributed by atoms with van der Waals surface area (Å²) in [6.07, 6.45) is 3.98. The molecule has 0 aromatic carbocycles. The molecule has 0 spiro atoms. The minimum Gasteiger partial charge on any atom is -0.463 e. The van der Waals surface area contributed by atoms with Gasteiger partial charge in [0.2, 0.25) is 0 Å². The fraction of sp³-hybridized carbons (Fsp3) is 0.929. The molecule has 0 fully saturated rings. The standard InChI is InChI=1S/C14H27IO4/c1-3-5-6-13(4-2)14(16)19-12-11-18-10-9-17-8-7-15/h13H,3-12H2,1-2H3. The topological polar surface area (TPSA) is 44.8 Å². The van der Waals surface area contributed by atoms with Gasteiger partial charge in [-0.3, -0.25) is 4.79 Å². The van der Waals surface area contributed by atoms with Gasteiger partial charge in [-0.05, 0) is 12.8 Å². The summed E-state index contributed by atoms with van der Waals surface area (Å²) in [6, 6.07) is 0. The van der Waals surface area contributed by atoms with E-state index in [1.54, 1.807) is 0 Å². The molecule has 0 saturated heterocycles. The van der Waals surface area contributed by atoms with Crippen molar-refractivity contribution in [3.8, 4) is 0 Å². The predicted octanol–water partition coefficient (Wildman–Crippen LogP) is 3.21. The molecule has 0 N–H and O–H groups in total. The van der Waals surface area contributed by atoms with Gasteiger partial charge in [0.05, 0.1) is 32.3 Å². The molecule has 5 heteroatoms. The summed E-state index contributed by atoms with van der Waals surface area (Å²) < 4.78 is 16.8. The van der Waals surface area contributed by atoms with Crippen molar-refractivity contribution >= 4 is 28.6 Å². The van der Waals surface area contributed by atoms with E-state index in [1.807, 2.05) is 6.92 Å². The number of halogens is 1. The minimum atomic E-state index is -0.0827. The maximum atomic E-state index is 11.8. The third kappa shape index (κ3) is 11.6. The zero-order valence-electron chi connectivity index (χ0n) is 12.2. The number of rotatable bonds is 13. The van der Waals surface area contributed by atoms with Crippen LogP contribution in [0, 0.1) is 5.92 Å². The van der Waals surface area contributed by atoms with Crippen LogP contribution in [0.2, 0.25) is 0 Å². The lowest BCUT2D eigenvalue weighted by molar-refractivity contribution is -0.150. The lowest BCUT2D eigenvalue weighted by atomic mass is 10.00. The van der Waals surface area contributed by atoms with Gasteiger partial charge < -0.3 is 14.2 Å². The van der Waals surface area contributed by atoms with Crippen molar-refractivity contribution in [2.75, 3.05) is 37.5 Å². The number of carbonyl (C=O) groups is 1. The van der Waals surface area contributed by atoms with E-state index in [1.165, 1.54) is 0 Å². The van der Waals surface area contributed by atoms with Gasteiger partial charge in [0.25, 0.3) is 0 Å². The van der Waals surface area contributed by atoms with Gasteiger partial charge in [0.15, 0.2) is 0 Å². The van der Waals surface area contributed by atoms with E-state index < -0.39 is 0 Å². The van der Waals surface area contributed by atoms with Crippen molar-refractivity contribution in [1.82, 2.24) is 0 Å². The fourth-order valence-corrected chi connectivity index (χ4v) is 1.95. The number of esters is 1. The van der Waals surface area contributed by atoms with Crippen LogP contribution >= 0.6 is 22.6 Å². The lowest BCUT2D eigenvalue weighted by Crippen LogP contribution is -2.20. The molecule has 0 heterocycles. The SMILES string of the molecule is CCCCC(CC)C(=O)OCCOCCOCCI. The molecule has 0 amide bonds. The molecule has 0 radical (unpaired) electrons. The first kappa shape index (κ1) is 19.1. The number of carbonyl (C=O) groups excluding carboxylic acids is 1. The second-order valence-electron chi connectivity index (χ2n) is 4.33. The van der Waals surface area contributed by atoms with Crippen LogP contribution in [-0.4, -0.2) is 43.4 Å². The first-order valence-corrected chi connectivity index (χ1v) is 8.66. The highest BCUT2D eigenvalue weighted by molar-refractivity contribution is 14.1. The molecule has 0 aromatic heterocycles. The summed E-state index contributed by atoms with van der Waals surface area (Å²) >= 11 is 2.26. The Hall–Kier alpha value is 0.120. The number of alkyl halides is 1. The van der Waals surface area contributed by atoms with Gasteiger partial charge in [-0.2, -0.15) is 0 Å². The largest absolute Gasteiger partial charge is 0.463 e. The normalized spacial score (nSPS) is 12.4. The Morgan fingerprint density at radius 1 is 1.05 bits per heavy atom. The van der Waals surface area contributed by atoms with Gasteiger partial charge in [-0.1, -0.05) is 49.3 Å². The molecular formula is C14H27IO4. The summed E-state index contributed by atoms with van der Waals surface area (Å²) in [5, 5.41) is 0. The molecule has 0 rings (SSSR count). The molecular weight excluding hydrogens is 359 g/mol. The van der Waals surface area contributed by atoms with E-state index in [2.05, 4.69) is 29.5 Å². The van der Waals surface area contributed by atoms with Crippen LogP contribution in [0.4, 0.5) is 0 Å². The molecule has 0 aliphatic heterocycles. The van der Waals surface area contributed by atoms with Crippen LogP contribution in [0.5, 0.6) is 0 Å². The van der Waals surface area contributed by atoms with Crippen LogP contribution < -0.4 is 0 Å². The van der Waals surface area contributed by atoms with Crippen molar-refractivity contribution < 1.29 is 19.0 Å². The van der Waals surface area contributed by atoms with E-state index in [-0.39, 0.29) is 11.9 Å². The monoisotopic (exact) mass is 386 g/mol.